The van der Waals surface area contributed by atoms with Crippen molar-refractivity contribution in [1.29, 1.82) is 0 Å². The molecular weight excluding hydrogens is 694 g/mol. The van der Waals surface area contributed by atoms with Crippen LogP contribution >= 0.6 is 11.6 Å². The summed E-state index contributed by atoms with van der Waals surface area (Å²) in [6, 6.07) is 12.5. The van der Waals surface area contributed by atoms with Crippen molar-refractivity contribution in [3.63, 3.8) is 0 Å². The van der Waals surface area contributed by atoms with Gasteiger partial charge < -0.3 is 20.1 Å². The van der Waals surface area contributed by atoms with Crippen molar-refractivity contribution >= 4 is 38.8 Å². The fourth-order valence-electron chi connectivity index (χ4n) is 10.5. The monoisotopic (exact) mass is 751 g/mol. The lowest BCUT2D eigenvalue weighted by Crippen LogP contribution is -2.64. The van der Waals surface area contributed by atoms with Gasteiger partial charge in [-0.15, -0.1) is 0 Å². The second-order valence-electron chi connectivity index (χ2n) is 17.2. The maximum Gasteiger partial charge on any atom is 0.262 e. The number of aliphatic hydroxyl groups is 1. The van der Waals surface area contributed by atoms with Crippen LogP contribution in [0.1, 0.15) is 80.3 Å². The summed E-state index contributed by atoms with van der Waals surface area (Å²) in [5.74, 6) is 5.00. The van der Waals surface area contributed by atoms with Gasteiger partial charge in [-0.1, -0.05) is 31.0 Å². The van der Waals surface area contributed by atoms with Crippen LogP contribution in [0.5, 0.6) is 5.75 Å². The summed E-state index contributed by atoms with van der Waals surface area (Å²) in [4.78, 5) is 21.4. The maximum absolute atomic E-state index is 14.0. The van der Waals surface area contributed by atoms with Gasteiger partial charge in [0.1, 0.15) is 5.75 Å². The van der Waals surface area contributed by atoms with E-state index in [9.17, 15) is 14.1 Å². The van der Waals surface area contributed by atoms with Crippen molar-refractivity contribution in [2.75, 3.05) is 70.4 Å². The molecule has 52 heavy (non-hydrogen) atoms. The van der Waals surface area contributed by atoms with Crippen molar-refractivity contribution in [2.45, 2.75) is 87.5 Å². The predicted molar refractivity (Wildman–Crippen MR) is 211 cm³/mol. The van der Waals surface area contributed by atoms with Crippen LogP contribution in [0.3, 0.4) is 0 Å². The number of fused-ring (bicyclic) bond motifs is 5. The number of ether oxygens (including phenoxy) is 1. The number of β-amino-alcohol motifs (C(OH)–C–C–N with tert-alkyl or cyclic N) is 1. The van der Waals surface area contributed by atoms with Crippen molar-refractivity contribution in [1.82, 2.24) is 19.8 Å². The van der Waals surface area contributed by atoms with E-state index < -0.39 is 15.3 Å². The minimum Gasteiger partial charge on any atom is -0.490 e. The Morgan fingerprint density at radius 3 is 2.75 bits per heavy atom. The fraction of sp³-hybridized carbons (Fsp3) is 0.659. The summed E-state index contributed by atoms with van der Waals surface area (Å²) < 4.78 is 23.6. The average molecular weight is 752 g/mol. The van der Waals surface area contributed by atoms with Gasteiger partial charge in [-0.25, -0.2) is 4.21 Å². The third kappa shape index (κ3) is 7.01. The lowest BCUT2D eigenvalue weighted by molar-refractivity contribution is -0.113. The zero-order chi connectivity index (χ0) is 36.3. The van der Waals surface area contributed by atoms with E-state index in [2.05, 4.69) is 49.7 Å². The summed E-state index contributed by atoms with van der Waals surface area (Å²) in [5, 5.41) is 17.0. The number of hydrogen-bond acceptors (Lipinski definition) is 8. The molecule has 1 unspecified atom stereocenters. The first-order valence-corrected chi connectivity index (χ1v) is 22.0. The summed E-state index contributed by atoms with van der Waals surface area (Å²) >= 11 is 6.51. The first kappa shape index (κ1) is 36.6. The molecule has 4 heterocycles. The summed E-state index contributed by atoms with van der Waals surface area (Å²) in [6.07, 6.45) is 7.49. The van der Waals surface area contributed by atoms with Gasteiger partial charge in [-0.3, -0.25) is 19.3 Å². The molecule has 4 aliphatic heterocycles. The number of carbonyl (C=O) groups excluding carboxylic acids is 1. The Bertz CT molecular complexity index is 1770. The van der Waals surface area contributed by atoms with E-state index in [1.54, 1.807) is 6.07 Å². The van der Waals surface area contributed by atoms with Crippen LogP contribution in [0, 0.1) is 17.8 Å². The van der Waals surface area contributed by atoms with Crippen LogP contribution in [0.4, 0.5) is 5.69 Å². The molecule has 2 aromatic carbocycles. The normalized spacial score (nSPS) is 37.4. The Morgan fingerprint density at radius 1 is 1.06 bits per heavy atom. The first-order valence-electron chi connectivity index (χ1n) is 19.8. The smallest absolute Gasteiger partial charge is 0.262 e. The van der Waals surface area contributed by atoms with E-state index >= 15 is 0 Å². The second kappa shape index (κ2) is 14.4. The Balaban J connectivity index is 1.16. The number of halogens is 1. The molecular formula is C41H58ClN5O4S. The number of rotatable bonds is 2. The number of benzene rings is 2. The summed E-state index contributed by atoms with van der Waals surface area (Å²) in [5.41, 5.74) is 2.88. The largest absolute Gasteiger partial charge is 0.490 e. The molecule has 8 atom stereocenters. The SMILES string of the molecule is C=S1(=O)NC(=O)c2ccc3c(c2)N(C[C@@H]2CC[C@H]2[C@@](O)(CN2CCN4CCNC[C@@H]4C2)CCC[C@H](C)[C@H]1C)C[C@@]1(CCCc2cc(Cl)ccc21)CO3. The molecule has 3 N–H and O–H groups in total. The molecule has 1 saturated carbocycles. The third-order valence-electron chi connectivity index (χ3n) is 13.9. The second-order valence-corrected chi connectivity index (χ2v) is 20.0. The lowest BCUT2D eigenvalue weighted by atomic mass is 9.62. The van der Waals surface area contributed by atoms with Crippen LogP contribution in [0.2, 0.25) is 5.02 Å². The van der Waals surface area contributed by atoms with Crippen molar-refractivity contribution in [2.24, 2.45) is 17.8 Å². The Kier molecular flexibility index (Phi) is 10.1. The molecule has 11 heteroatoms. The van der Waals surface area contributed by atoms with Crippen LogP contribution in [-0.2, 0) is 21.5 Å². The van der Waals surface area contributed by atoms with E-state index in [0.29, 0.717) is 37.1 Å². The molecule has 1 spiro atoms. The third-order valence-corrected chi connectivity index (χ3v) is 16.4. The van der Waals surface area contributed by atoms with Crippen LogP contribution < -0.4 is 19.7 Å². The number of nitrogens with one attached hydrogen (secondary N) is 2. The van der Waals surface area contributed by atoms with Gasteiger partial charge in [0.05, 0.1) is 27.6 Å². The van der Waals surface area contributed by atoms with Crippen LogP contribution in [0.25, 0.3) is 0 Å². The van der Waals surface area contributed by atoms with Crippen LogP contribution in [-0.4, -0.2) is 113 Å². The molecule has 2 bridgehead atoms. The van der Waals surface area contributed by atoms with E-state index in [-0.39, 0.29) is 28.4 Å². The molecule has 0 aromatic heterocycles. The molecule has 9 nitrogen and oxygen atoms in total. The zero-order valence-electron chi connectivity index (χ0n) is 31.1. The number of carbonyl (C=O) groups is 1. The van der Waals surface area contributed by atoms with Gasteiger partial charge in [0.15, 0.2) is 0 Å². The highest BCUT2D eigenvalue weighted by Crippen LogP contribution is 2.49. The predicted octanol–water partition coefficient (Wildman–Crippen LogP) is 4.73. The standard InChI is InChI=1S/C41H58ClN5O4S/c1-28-6-4-15-41(49,26-45-18-19-46-17-16-43-22-34(46)24-45)36-11-8-32(36)23-47-25-40(14-5-7-30-20-33(42)10-12-35(30)40)27-51-38-13-9-31(21-37(38)47)39(48)44-52(3,50)29(28)2/h9-10,12-13,20-21,28-29,32,34,36,43,49H,3-8,11,14-19,22-27H2,1-2H3,(H,44,48,50)/t28-,29+,32-,34+,36+,40-,41-,52?/m0/s1. The van der Waals surface area contributed by atoms with Gasteiger partial charge in [0.25, 0.3) is 5.91 Å². The van der Waals surface area contributed by atoms with Gasteiger partial charge in [-0.2, -0.15) is 0 Å². The number of nitrogens with zero attached hydrogens (tertiary/aromatic N) is 3. The topological polar surface area (TPSA) is 97.4 Å². The van der Waals surface area contributed by atoms with E-state index in [0.717, 1.165) is 114 Å². The van der Waals surface area contributed by atoms with Gasteiger partial charge >= 0.3 is 0 Å². The Morgan fingerprint density at radius 2 is 1.92 bits per heavy atom. The number of aryl methyl sites for hydroxylation is 1. The molecule has 3 fully saturated rings. The molecule has 1 amide bonds. The Labute approximate surface area is 315 Å². The molecule has 2 aromatic rings. The summed E-state index contributed by atoms with van der Waals surface area (Å²) in [7, 11) is -2.94. The van der Waals surface area contributed by atoms with E-state index in [1.165, 1.54) is 11.1 Å². The van der Waals surface area contributed by atoms with Gasteiger partial charge in [0.2, 0.25) is 0 Å². The van der Waals surface area contributed by atoms with Gasteiger partial charge in [0, 0.05) is 86.2 Å². The molecule has 284 valence electrons. The quantitative estimate of drug-likeness (QED) is 0.380. The number of piperazine rings is 2. The van der Waals surface area contributed by atoms with Crippen molar-refractivity contribution < 1.29 is 18.8 Å². The number of amides is 1. The molecule has 0 radical (unpaired) electrons. The van der Waals surface area contributed by atoms with E-state index in [1.807, 2.05) is 25.1 Å². The molecule has 2 aliphatic carbocycles. The molecule has 6 aliphatic rings. The Hall–Kier alpha value is -2.34. The highest BCUT2D eigenvalue weighted by atomic mass is 35.5. The molecule has 8 rings (SSSR count). The minimum atomic E-state index is -2.94. The number of hydrogen-bond donors (Lipinski definition) is 3. The minimum absolute atomic E-state index is 0.0666. The zero-order valence-corrected chi connectivity index (χ0v) is 32.7. The highest BCUT2D eigenvalue weighted by molar-refractivity contribution is 7.99. The lowest BCUT2D eigenvalue weighted by Gasteiger charge is -2.53. The van der Waals surface area contributed by atoms with Crippen LogP contribution in [0.15, 0.2) is 36.4 Å². The van der Waals surface area contributed by atoms with Gasteiger partial charge in [-0.05, 0) is 117 Å². The number of anilines is 1. The first-order chi connectivity index (χ1) is 24.9. The fourth-order valence-corrected chi connectivity index (χ4v) is 12.2. The van der Waals surface area contributed by atoms with E-state index in [4.69, 9.17) is 16.3 Å². The maximum atomic E-state index is 14.0. The highest BCUT2D eigenvalue weighted by Gasteiger charge is 2.50. The van der Waals surface area contributed by atoms with Crippen molar-refractivity contribution in [3.8, 4) is 5.75 Å². The average Bonchev–Trinajstić information content (AvgIpc) is 3.25. The van der Waals surface area contributed by atoms with Crippen molar-refractivity contribution in [3.05, 3.63) is 58.1 Å². The summed E-state index contributed by atoms with van der Waals surface area (Å²) in [6.45, 7) is 13.0. The molecule has 2 saturated heterocycles.